The number of aryl methyl sites for hydroxylation is 1. The van der Waals surface area contributed by atoms with Gasteiger partial charge in [0, 0.05) is 23.7 Å². The van der Waals surface area contributed by atoms with Crippen molar-refractivity contribution in [1.29, 1.82) is 0 Å². The monoisotopic (exact) mass is 509 g/mol. The smallest absolute Gasteiger partial charge is 0.315 e. The normalized spacial score (nSPS) is 11.3. The first kappa shape index (κ1) is 27.3. The molecule has 0 unspecified atom stereocenters. The number of rotatable bonds is 8. The molecular weight excluding hydrogens is 474 g/mol. The molecule has 1 heterocycles. The van der Waals surface area contributed by atoms with Crippen molar-refractivity contribution in [1.82, 2.24) is 14.7 Å². The van der Waals surface area contributed by atoms with Crippen molar-refractivity contribution in [3.8, 4) is 5.69 Å². The quantitative estimate of drug-likeness (QED) is 0.354. The molecule has 0 fully saturated rings. The molecule has 36 heavy (non-hydrogen) atoms. The number of carbonyl (C=O) groups is 2. The van der Waals surface area contributed by atoms with Crippen molar-refractivity contribution in [2.24, 2.45) is 0 Å². The van der Waals surface area contributed by atoms with Gasteiger partial charge >= 0.3 is 6.03 Å². The van der Waals surface area contributed by atoms with Gasteiger partial charge in [0.2, 0.25) is 5.91 Å². The molecule has 0 saturated carbocycles. The zero-order chi connectivity index (χ0) is 26.5. The van der Waals surface area contributed by atoms with Gasteiger partial charge in [0.25, 0.3) is 0 Å². The third kappa shape index (κ3) is 6.66. The zero-order valence-electron chi connectivity index (χ0n) is 22.0. The molecule has 7 nitrogen and oxygen atoms in total. The van der Waals surface area contributed by atoms with Gasteiger partial charge in [-0.1, -0.05) is 70.0 Å². The van der Waals surface area contributed by atoms with Crippen LogP contribution in [0.15, 0.2) is 48.5 Å². The lowest BCUT2D eigenvalue weighted by Gasteiger charge is -2.23. The molecule has 8 heteroatoms. The van der Waals surface area contributed by atoms with Crippen molar-refractivity contribution in [2.45, 2.75) is 59.8 Å². The van der Waals surface area contributed by atoms with Crippen molar-refractivity contribution in [3.63, 3.8) is 0 Å². The number of unbranched alkanes of at least 4 members (excludes halogenated alkanes) is 1. The Morgan fingerprint density at radius 3 is 2.44 bits per heavy atom. The third-order valence-corrected chi connectivity index (χ3v) is 6.40. The number of aromatic nitrogens is 2. The van der Waals surface area contributed by atoms with Gasteiger partial charge in [-0.2, -0.15) is 5.10 Å². The van der Waals surface area contributed by atoms with Gasteiger partial charge in [-0.25, -0.2) is 9.48 Å². The fourth-order valence-electron chi connectivity index (χ4n) is 3.68. The van der Waals surface area contributed by atoms with Gasteiger partial charge in [0.15, 0.2) is 0 Å². The van der Waals surface area contributed by atoms with E-state index in [0.29, 0.717) is 23.1 Å². The lowest BCUT2D eigenvalue weighted by Crippen LogP contribution is -2.41. The van der Waals surface area contributed by atoms with E-state index in [2.05, 4.69) is 38.3 Å². The minimum atomic E-state index is -0.309. The molecule has 0 atom stereocenters. The Balaban J connectivity index is 1.83. The summed E-state index contributed by atoms with van der Waals surface area (Å²) in [7, 11) is 0. The molecule has 3 aromatic rings. The topological polar surface area (TPSA) is 79.3 Å². The summed E-state index contributed by atoms with van der Waals surface area (Å²) in [5.41, 5.74) is 4.09. The summed E-state index contributed by atoms with van der Waals surface area (Å²) in [4.78, 5) is 27.9. The molecule has 0 saturated heterocycles. The van der Waals surface area contributed by atoms with Crippen LogP contribution in [0.5, 0.6) is 0 Å². The largest absolute Gasteiger partial charge is 0.322 e. The zero-order valence-corrected chi connectivity index (χ0v) is 22.7. The Kier molecular flexibility index (Phi) is 8.79. The minimum Gasteiger partial charge on any atom is -0.315 e. The molecular formula is C28H36ClN5O2. The molecule has 0 aliphatic rings. The second-order valence-corrected chi connectivity index (χ2v) is 10.4. The molecule has 2 N–H and O–H groups in total. The fourth-order valence-corrected chi connectivity index (χ4v) is 3.90. The highest BCUT2D eigenvalue weighted by Gasteiger charge is 2.24. The van der Waals surface area contributed by atoms with Gasteiger partial charge in [-0.3, -0.25) is 4.79 Å². The number of hydrogen-bond acceptors (Lipinski definition) is 3. The van der Waals surface area contributed by atoms with Crippen LogP contribution < -0.4 is 10.6 Å². The van der Waals surface area contributed by atoms with E-state index in [1.807, 2.05) is 56.3 Å². The second kappa shape index (κ2) is 11.6. The van der Waals surface area contributed by atoms with Gasteiger partial charge in [-0.15, -0.1) is 0 Å². The van der Waals surface area contributed by atoms with E-state index in [-0.39, 0.29) is 23.9 Å². The van der Waals surface area contributed by atoms with Crippen molar-refractivity contribution in [2.75, 3.05) is 23.7 Å². The maximum absolute atomic E-state index is 13.2. The molecule has 2 aromatic carbocycles. The molecule has 3 rings (SSSR count). The van der Waals surface area contributed by atoms with Gasteiger partial charge in [-0.05, 0) is 49.6 Å². The molecule has 0 spiro atoms. The summed E-state index contributed by atoms with van der Waals surface area (Å²) in [6.07, 6.45) is 1.70. The van der Waals surface area contributed by atoms with Crippen molar-refractivity contribution < 1.29 is 9.59 Å². The first-order chi connectivity index (χ1) is 17.0. The minimum absolute atomic E-state index is 0.0880. The van der Waals surface area contributed by atoms with Crippen LogP contribution >= 0.6 is 11.6 Å². The number of hydrogen-bond donors (Lipinski definition) is 2. The molecule has 3 amide bonds. The van der Waals surface area contributed by atoms with Gasteiger partial charge in [0.1, 0.15) is 12.4 Å². The number of amides is 3. The van der Waals surface area contributed by atoms with Crippen molar-refractivity contribution in [3.05, 3.63) is 70.4 Å². The number of urea groups is 1. The van der Waals surface area contributed by atoms with Gasteiger partial charge in [0.05, 0.1) is 16.4 Å². The summed E-state index contributed by atoms with van der Waals surface area (Å²) in [5, 5.41) is 11.2. The van der Waals surface area contributed by atoms with Crippen LogP contribution in [0, 0.1) is 13.8 Å². The van der Waals surface area contributed by atoms with E-state index in [9.17, 15) is 9.59 Å². The van der Waals surface area contributed by atoms with E-state index in [1.165, 1.54) is 0 Å². The average Bonchev–Trinajstić information content (AvgIpc) is 3.23. The highest BCUT2D eigenvalue weighted by Crippen LogP contribution is 2.29. The molecule has 192 valence electrons. The van der Waals surface area contributed by atoms with E-state index >= 15 is 0 Å². The Labute approximate surface area is 218 Å². The molecule has 0 aliphatic carbocycles. The number of nitrogens with zero attached hydrogens (tertiary/aromatic N) is 3. The SMILES string of the molecule is CCCCN(CC(=O)Nc1cc(C(C)(C)C)nn1-c1ccccc1Cl)C(=O)Nc1cccc(C)c1C. The highest BCUT2D eigenvalue weighted by molar-refractivity contribution is 6.32. The number of benzene rings is 2. The van der Waals surface area contributed by atoms with E-state index in [0.717, 1.165) is 35.3 Å². The van der Waals surface area contributed by atoms with Crippen LogP contribution in [0.2, 0.25) is 5.02 Å². The highest BCUT2D eigenvalue weighted by atomic mass is 35.5. The van der Waals surface area contributed by atoms with Crippen molar-refractivity contribution >= 4 is 35.0 Å². The molecule has 0 radical (unpaired) electrons. The summed E-state index contributed by atoms with van der Waals surface area (Å²) < 4.78 is 1.65. The maximum atomic E-state index is 13.2. The van der Waals surface area contributed by atoms with Crippen LogP contribution in [0.1, 0.15) is 57.4 Å². The molecule has 0 bridgehead atoms. The van der Waals surface area contributed by atoms with Crippen LogP contribution in [0.4, 0.5) is 16.3 Å². The Morgan fingerprint density at radius 2 is 1.78 bits per heavy atom. The number of halogens is 1. The fraction of sp³-hybridized carbons (Fsp3) is 0.393. The lowest BCUT2D eigenvalue weighted by molar-refractivity contribution is -0.116. The lowest BCUT2D eigenvalue weighted by atomic mass is 9.92. The summed E-state index contributed by atoms with van der Waals surface area (Å²) in [5.74, 6) is 0.194. The van der Waals surface area contributed by atoms with Gasteiger partial charge < -0.3 is 15.5 Å². The predicted octanol–water partition coefficient (Wildman–Crippen LogP) is 6.71. The Hall–Kier alpha value is -3.32. The van der Waals surface area contributed by atoms with E-state index < -0.39 is 0 Å². The average molecular weight is 510 g/mol. The second-order valence-electron chi connectivity index (χ2n) is 10.0. The summed E-state index contributed by atoms with van der Waals surface area (Å²) >= 11 is 6.44. The first-order valence-corrected chi connectivity index (χ1v) is 12.7. The number of para-hydroxylation sites is 1. The summed E-state index contributed by atoms with van der Waals surface area (Å²) in [6, 6.07) is 14.7. The number of carbonyl (C=O) groups excluding carboxylic acids is 2. The standard InChI is InChI=1S/C28H36ClN5O2/c1-7-8-16-33(27(36)30-22-14-11-12-19(2)20(22)3)18-26(35)31-25-17-24(28(4,5)6)32-34(25)23-15-10-9-13-21(23)29/h9-15,17H,7-8,16,18H2,1-6H3,(H,30,36)(H,31,35). The molecule has 0 aliphatic heterocycles. The maximum Gasteiger partial charge on any atom is 0.322 e. The number of anilines is 2. The van der Waals surface area contributed by atoms with E-state index in [4.69, 9.17) is 16.7 Å². The van der Waals surface area contributed by atoms with Crippen LogP contribution in [-0.4, -0.2) is 39.7 Å². The Morgan fingerprint density at radius 1 is 1.06 bits per heavy atom. The first-order valence-electron chi connectivity index (χ1n) is 12.3. The summed E-state index contributed by atoms with van der Waals surface area (Å²) in [6.45, 7) is 12.6. The van der Waals surface area contributed by atoms with Crippen LogP contribution in [0.25, 0.3) is 5.69 Å². The van der Waals surface area contributed by atoms with Crippen LogP contribution in [0.3, 0.4) is 0 Å². The number of nitrogens with one attached hydrogen (secondary N) is 2. The third-order valence-electron chi connectivity index (χ3n) is 6.08. The predicted molar refractivity (Wildman–Crippen MR) is 147 cm³/mol. The Bertz CT molecular complexity index is 1230. The van der Waals surface area contributed by atoms with Crippen LogP contribution in [-0.2, 0) is 10.2 Å². The van der Waals surface area contributed by atoms with E-state index in [1.54, 1.807) is 15.6 Å². The molecule has 1 aromatic heterocycles.